The number of hydrogen-bond acceptors (Lipinski definition) is 4. The zero-order valence-electron chi connectivity index (χ0n) is 13.8. The highest BCUT2D eigenvalue weighted by Gasteiger charge is 2.16. The van der Waals surface area contributed by atoms with Crippen molar-refractivity contribution in [1.29, 1.82) is 0 Å². The Balaban J connectivity index is 1.83. The Kier molecular flexibility index (Phi) is 4.76. The lowest BCUT2D eigenvalue weighted by atomic mass is 10.1. The van der Waals surface area contributed by atoms with Gasteiger partial charge in [0.15, 0.2) is 0 Å². The number of benzene rings is 2. The summed E-state index contributed by atoms with van der Waals surface area (Å²) in [4.78, 5) is 24.2. The molecule has 3 aromatic rings. The highest BCUT2D eigenvalue weighted by atomic mass is 35.5. The number of furan rings is 1. The van der Waals surface area contributed by atoms with Gasteiger partial charge in [0.2, 0.25) is 5.91 Å². The number of amides is 1. The van der Waals surface area contributed by atoms with E-state index in [0.29, 0.717) is 10.7 Å². The Morgan fingerprint density at radius 1 is 1.20 bits per heavy atom. The number of rotatable bonds is 4. The number of carbonyl (C=O) groups is 2. The lowest BCUT2D eigenvalue weighted by Crippen LogP contribution is -2.17. The summed E-state index contributed by atoms with van der Waals surface area (Å²) >= 11 is 5.97. The molecule has 1 N–H and O–H groups in total. The van der Waals surface area contributed by atoms with Gasteiger partial charge in [-0.25, -0.2) is 4.79 Å². The summed E-state index contributed by atoms with van der Waals surface area (Å²) in [5.41, 5.74) is 3.15. The SMILES string of the molecule is COC(=O)c1ccc(Cl)cc1NC(=O)Cc1coc2cc(C)ccc12. The third-order valence-corrected chi connectivity index (χ3v) is 4.06. The number of fused-ring (bicyclic) bond motifs is 1. The first-order valence-corrected chi connectivity index (χ1v) is 8.00. The van der Waals surface area contributed by atoms with Gasteiger partial charge >= 0.3 is 5.97 Å². The van der Waals surface area contributed by atoms with E-state index in [1.54, 1.807) is 12.3 Å². The minimum Gasteiger partial charge on any atom is -0.465 e. The van der Waals surface area contributed by atoms with Crippen LogP contribution in [0.5, 0.6) is 0 Å². The van der Waals surface area contributed by atoms with Crippen LogP contribution in [0.15, 0.2) is 47.1 Å². The topological polar surface area (TPSA) is 68.5 Å². The Morgan fingerprint density at radius 2 is 2.00 bits per heavy atom. The Bertz CT molecular complexity index is 961. The molecule has 1 heterocycles. The monoisotopic (exact) mass is 357 g/mol. The van der Waals surface area contributed by atoms with Crippen LogP contribution in [0.3, 0.4) is 0 Å². The van der Waals surface area contributed by atoms with Gasteiger partial charge in [0.05, 0.1) is 31.0 Å². The number of hydrogen-bond donors (Lipinski definition) is 1. The quantitative estimate of drug-likeness (QED) is 0.704. The summed E-state index contributed by atoms with van der Waals surface area (Å²) in [6.45, 7) is 1.97. The average Bonchev–Trinajstić information content (AvgIpc) is 2.96. The largest absolute Gasteiger partial charge is 0.465 e. The molecule has 25 heavy (non-hydrogen) atoms. The van der Waals surface area contributed by atoms with Crippen molar-refractivity contribution in [3.05, 3.63) is 64.4 Å². The van der Waals surface area contributed by atoms with Crippen LogP contribution in [-0.2, 0) is 16.0 Å². The number of aryl methyl sites for hydroxylation is 1. The number of methoxy groups -OCH3 is 1. The molecular formula is C19H16ClNO4. The van der Waals surface area contributed by atoms with Crippen molar-refractivity contribution in [3.8, 4) is 0 Å². The Morgan fingerprint density at radius 3 is 2.76 bits per heavy atom. The summed E-state index contributed by atoms with van der Waals surface area (Å²) < 4.78 is 10.2. The fourth-order valence-electron chi connectivity index (χ4n) is 2.60. The van der Waals surface area contributed by atoms with Crippen LogP contribution >= 0.6 is 11.6 Å². The van der Waals surface area contributed by atoms with Gasteiger partial charge in [0.1, 0.15) is 5.58 Å². The van der Waals surface area contributed by atoms with Gasteiger partial charge in [0.25, 0.3) is 0 Å². The zero-order chi connectivity index (χ0) is 18.0. The molecule has 0 aliphatic rings. The van der Waals surface area contributed by atoms with Gasteiger partial charge in [-0.15, -0.1) is 0 Å². The standard InChI is InChI=1S/C19H16ClNO4/c1-11-3-5-14-12(10-25-17(14)7-11)8-18(22)21-16-9-13(20)4-6-15(16)19(23)24-2/h3-7,9-10H,8H2,1-2H3,(H,21,22). The van der Waals surface area contributed by atoms with Gasteiger partial charge < -0.3 is 14.5 Å². The maximum atomic E-state index is 12.4. The van der Waals surface area contributed by atoms with Crippen LogP contribution < -0.4 is 5.32 Å². The smallest absolute Gasteiger partial charge is 0.339 e. The highest BCUT2D eigenvalue weighted by Crippen LogP contribution is 2.25. The van der Waals surface area contributed by atoms with Gasteiger partial charge in [-0.1, -0.05) is 23.7 Å². The number of carbonyl (C=O) groups excluding carboxylic acids is 2. The molecule has 0 unspecified atom stereocenters. The molecule has 0 spiro atoms. The maximum absolute atomic E-state index is 12.4. The van der Waals surface area contributed by atoms with E-state index in [4.69, 9.17) is 20.8 Å². The normalized spacial score (nSPS) is 10.7. The van der Waals surface area contributed by atoms with E-state index in [9.17, 15) is 9.59 Å². The molecule has 0 aliphatic carbocycles. The second-order valence-corrected chi connectivity index (χ2v) is 6.10. The van der Waals surface area contributed by atoms with Gasteiger partial charge in [-0.2, -0.15) is 0 Å². The molecule has 5 nitrogen and oxygen atoms in total. The van der Waals surface area contributed by atoms with Crippen LogP contribution in [0, 0.1) is 6.92 Å². The van der Waals surface area contributed by atoms with Gasteiger partial charge in [-0.3, -0.25) is 4.79 Å². The van der Waals surface area contributed by atoms with E-state index in [0.717, 1.165) is 22.1 Å². The van der Waals surface area contributed by atoms with Gasteiger partial charge in [-0.05, 0) is 36.8 Å². The van der Waals surface area contributed by atoms with Crippen molar-refractivity contribution in [2.24, 2.45) is 0 Å². The first-order chi connectivity index (χ1) is 12.0. The molecule has 0 saturated carbocycles. The molecule has 0 saturated heterocycles. The summed E-state index contributed by atoms with van der Waals surface area (Å²) in [5, 5.41) is 4.01. The molecule has 128 valence electrons. The second kappa shape index (κ2) is 6.99. The van der Waals surface area contributed by atoms with Crippen molar-refractivity contribution in [3.63, 3.8) is 0 Å². The number of esters is 1. The number of nitrogens with one attached hydrogen (secondary N) is 1. The molecule has 0 bridgehead atoms. The highest BCUT2D eigenvalue weighted by molar-refractivity contribution is 6.31. The van der Waals surface area contributed by atoms with Crippen LogP contribution in [-0.4, -0.2) is 19.0 Å². The summed E-state index contributed by atoms with van der Waals surface area (Å²) in [6.07, 6.45) is 1.69. The molecule has 3 rings (SSSR count). The minimum atomic E-state index is -0.545. The average molecular weight is 358 g/mol. The summed E-state index contributed by atoms with van der Waals surface area (Å²) in [5.74, 6) is -0.827. The lowest BCUT2D eigenvalue weighted by molar-refractivity contribution is -0.115. The van der Waals surface area contributed by atoms with E-state index in [-0.39, 0.29) is 17.9 Å². The van der Waals surface area contributed by atoms with Crippen molar-refractivity contribution in [2.45, 2.75) is 13.3 Å². The van der Waals surface area contributed by atoms with Crippen molar-refractivity contribution >= 4 is 40.1 Å². The predicted octanol–water partition coefficient (Wildman–Crippen LogP) is 4.36. The molecule has 1 aromatic heterocycles. The van der Waals surface area contributed by atoms with Gasteiger partial charge in [0, 0.05) is 16.0 Å². The van der Waals surface area contributed by atoms with E-state index in [1.165, 1.54) is 19.2 Å². The molecule has 0 fully saturated rings. The number of anilines is 1. The number of halogens is 1. The van der Waals surface area contributed by atoms with E-state index in [2.05, 4.69) is 5.32 Å². The fourth-order valence-corrected chi connectivity index (χ4v) is 2.77. The molecule has 2 aromatic carbocycles. The molecule has 0 aliphatic heterocycles. The molecule has 1 amide bonds. The molecule has 0 atom stereocenters. The van der Waals surface area contributed by atoms with Crippen LogP contribution in [0.25, 0.3) is 11.0 Å². The minimum absolute atomic E-state index is 0.114. The first kappa shape index (κ1) is 17.0. The molecule has 6 heteroatoms. The van der Waals surface area contributed by atoms with E-state index in [1.807, 2.05) is 25.1 Å². The molecular weight excluding hydrogens is 342 g/mol. The predicted molar refractivity (Wildman–Crippen MR) is 96.1 cm³/mol. The molecule has 0 radical (unpaired) electrons. The lowest BCUT2D eigenvalue weighted by Gasteiger charge is -2.10. The second-order valence-electron chi connectivity index (χ2n) is 5.67. The third kappa shape index (κ3) is 3.67. The fraction of sp³-hybridized carbons (Fsp3) is 0.158. The maximum Gasteiger partial charge on any atom is 0.339 e. The van der Waals surface area contributed by atoms with Crippen molar-refractivity contribution in [1.82, 2.24) is 0 Å². The van der Waals surface area contributed by atoms with Crippen LogP contribution in [0.4, 0.5) is 5.69 Å². The third-order valence-electron chi connectivity index (χ3n) is 3.82. The Hall–Kier alpha value is -2.79. The van der Waals surface area contributed by atoms with Crippen LogP contribution in [0.1, 0.15) is 21.5 Å². The Labute approximate surface area is 149 Å². The van der Waals surface area contributed by atoms with Crippen LogP contribution in [0.2, 0.25) is 5.02 Å². The van der Waals surface area contributed by atoms with E-state index < -0.39 is 5.97 Å². The summed E-state index contributed by atoms with van der Waals surface area (Å²) in [6, 6.07) is 10.4. The van der Waals surface area contributed by atoms with E-state index >= 15 is 0 Å². The zero-order valence-corrected chi connectivity index (χ0v) is 14.5. The summed E-state index contributed by atoms with van der Waals surface area (Å²) in [7, 11) is 1.28. The van der Waals surface area contributed by atoms with Crippen molar-refractivity contribution < 1.29 is 18.7 Å². The van der Waals surface area contributed by atoms with Crippen molar-refractivity contribution in [2.75, 3.05) is 12.4 Å². The first-order valence-electron chi connectivity index (χ1n) is 7.62. The number of ether oxygens (including phenoxy) is 1.